The van der Waals surface area contributed by atoms with Gasteiger partial charge in [0.1, 0.15) is 11.5 Å². The van der Waals surface area contributed by atoms with Crippen molar-refractivity contribution in [2.75, 3.05) is 0 Å². The van der Waals surface area contributed by atoms with Gasteiger partial charge in [-0.15, -0.1) is 0 Å². The summed E-state index contributed by atoms with van der Waals surface area (Å²) >= 11 is 0. The van der Waals surface area contributed by atoms with Gasteiger partial charge in [-0.1, -0.05) is 25.5 Å². The van der Waals surface area contributed by atoms with E-state index in [9.17, 15) is 14.7 Å². The van der Waals surface area contributed by atoms with E-state index in [0.29, 0.717) is 28.7 Å². The number of esters is 2. The molecule has 0 heterocycles. The molecule has 5 heteroatoms. The van der Waals surface area contributed by atoms with E-state index in [-0.39, 0.29) is 0 Å². The molecule has 0 aromatic heterocycles. The second kappa shape index (κ2) is 7.24. The number of carbonyl (C=O) groups is 2. The molecule has 23 heavy (non-hydrogen) atoms. The largest absolute Gasteiger partial charge is 0.426 e. The summed E-state index contributed by atoms with van der Waals surface area (Å²) in [7, 11) is 0. The Kier molecular flexibility index (Phi) is 5.34. The van der Waals surface area contributed by atoms with Crippen molar-refractivity contribution >= 4 is 22.7 Å². The minimum atomic E-state index is -0.591. The Bertz CT molecular complexity index is 736. The average molecular weight is 316 g/mol. The predicted molar refractivity (Wildman–Crippen MR) is 86.4 cm³/mol. The van der Waals surface area contributed by atoms with Crippen LogP contribution in [0.4, 0.5) is 0 Å². The monoisotopic (exact) mass is 316 g/mol. The van der Waals surface area contributed by atoms with E-state index in [1.807, 2.05) is 6.92 Å². The van der Waals surface area contributed by atoms with Gasteiger partial charge in [-0.25, -0.2) is 0 Å². The average Bonchev–Trinajstić information content (AvgIpc) is 2.48. The molecule has 0 fully saturated rings. The van der Waals surface area contributed by atoms with Crippen molar-refractivity contribution in [2.45, 2.75) is 39.7 Å². The highest BCUT2D eigenvalue weighted by molar-refractivity contribution is 5.96. The fourth-order valence-corrected chi connectivity index (χ4v) is 2.45. The molecule has 1 N–H and O–H groups in total. The molecule has 0 aliphatic heterocycles. The minimum Gasteiger partial charge on any atom is -0.426 e. The highest BCUT2D eigenvalue weighted by Gasteiger charge is 2.14. The van der Waals surface area contributed by atoms with E-state index in [0.717, 1.165) is 12.0 Å². The number of ether oxygens (including phenoxy) is 2. The summed E-state index contributed by atoms with van der Waals surface area (Å²) in [6.07, 6.45) is 0.897. The number of aliphatic hydroxyl groups is 1. The minimum absolute atomic E-state index is 0.369. The molecule has 2 rings (SSSR count). The van der Waals surface area contributed by atoms with Crippen molar-refractivity contribution in [1.29, 1.82) is 0 Å². The Morgan fingerprint density at radius 3 is 2.09 bits per heavy atom. The van der Waals surface area contributed by atoms with Crippen LogP contribution < -0.4 is 9.47 Å². The summed E-state index contributed by atoms with van der Waals surface area (Å²) in [5.41, 5.74) is 0.729. The first-order chi connectivity index (χ1) is 10.9. The van der Waals surface area contributed by atoms with Crippen LogP contribution in [0.5, 0.6) is 11.5 Å². The third-order valence-corrected chi connectivity index (χ3v) is 3.41. The van der Waals surface area contributed by atoms with Gasteiger partial charge in [0.15, 0.2) is 0 Å². The molecule has 0 saturated carbocycles. The molecule has 0 aliphatic carbocycles. The number of rotatable bonds is 5. The van der Waals surface area contributed by atoms with Crippen LogP contribution in [0.25, 0.3) is 10.8 Å². The van der Waals surface area contributed by atoms with Gasteiger partial charge in [-0.05, 0) is 30.2 Å². The Labute approximate surface area is 134 Å². The lowest BCUT2D eigenvalue weighted by molar-refractivity contribution is -0.132. The molecule has 0 bridgehead atoms. The Morgan fingerprint density at radius 2 is 1.57 bits per heavy atom. The third kappa shape index (κ3) is 4.07. The van der Waals surface area contributed by atoms with Crippen molar-refractivity contribution in [1.82, 2.24) is 0 Å². The van der Waals surface area contributed by atoms with Crippen molar-refractivity contribution in [2.24, 2.45) is 0 Å². The molecule has 0 amide bonds. The lowest BCUT2D eigenvalue weighted by Crippen LogP contribution is -2.05. The number of fused-ring (bicyclic) bond motifs is 1. The first-order valence-corrected chi connectivity index (χ1v) is 7.54. The van der Waals surface area contributed by atoms with Crippen LogP contribution in [0.15, 0.2) is 30.3 Å². The van der Waals surface area contributed by atoms with E-state index in [4.69, 9.17) is 9.47 Å². The van der Waals surface area contributed by atoms with Gasteiger partial charge in [0.25, 0.3) is 0 Å². The van der Waals surface area contributed by atoms with Gasteiger partial charge in [-0.2, -0.15) is 0 Å². The van der Waals surface area contributed by atoms with Crippen molar-refractivity contribution in [3.05, 3.63) is 35.9 Å². The number of aliphatic hydroxyl groups excluding tert-OH is 1. The summed E-state index contributed by atoms with van der Waals surface area (Å²) < 4.78 is 10.4. The smallest absolute Gasteiger partial charge is 0.308 e. The van der Waals surface area contributed by atoms with Crippen molar-refractivity contribution in [3.8, 4) is 11.5 Å². The van der Waals surface area contributed by atoms with Crippen LogP contribution in [0.1, 0.15) is 45.3 Å². The van der Waals surface area contributed by atoms with Crippen LogP contribution >= 0.6 is 0 Å². The predicted octanol–water partition coefficient (Wildman–Crippen LogP) is 3.52. The number of hydrogen-bond acceptors (Lipinski definition) is 5. The summed E-state index contributed by atoms with van der Waals surface area (Å²) in [6, 6.07) is 8.48. The normalized spacial score (nSPS) is 12.0. The third-order valence-electron chi connectivity index (χ3n) is 3.41. The maximum absolute atomic E-state index is 11.3. The molecule has 122 valence electrons. The summed E-state index contributed by atoms with van der Waals surface area (Å²) in [5, 5.41) is 11.4. The molecule has 1 atom stereocenters. The lowest BCUT2D eigenvalue weighted by Gasteiger charge is -2.14. The second-order valence-corrected chi connectivity index (χ2v) is 5.36. The van der Waals surface area contributed by atoms with E-state index < -0.39 is 18.0 Å². The van der Waals surface area contributed by atoms with Crippen LogP contribution in [-0.2, 0) is 9.59 Å². The first-order valence-electron chi connectivity index (χ1n) is 7.54. The van der Waals surface area contributed by atoms with E-state index in [1.165, 1.54) is 13.8 Å². The molecule has 1 unspecified atom stereocenters. The highest BCUT2D eigenvalue weighted by Crippen LogP contribution is 2.35. The zero-order valence-electron chi connectivity index (χ0n) is 13.5. The van der Waals surface area contributed by atoms with E-state index >= 15 is 0 Å². The Balaban J connectivity index is 2.59. The molecule has 2 aromatic rings. The quantitative estimate of drug-likeness (QED) is 0.675. The number of benzene rings is 2. The van der Waals surface area contributed by atoms with Crippen LogP contribution in [0.2, 0.25) is 0 Å². The summed E-state index contributed by atoms with van der Waals surface area (Å²) in [5.74, 6) is -0.110. The van der Waals surface area contributed by atoms with E-state index in [1.54, 1.807) is 30.3 Å². The standard InChI is InChI=1S/C18H20O5/c1-4-5-16(21)13-6-7-14-15(10-13)18(23-12(3)20)9-8-17(14)22-11(2)19/h6-10,16,21H,4-5H2,1-3H3. The molecule has 0 aliphatic rings. The second-order valence-electron chi connectivity index (χ2n) is 5.36. The fraction of sp³-hybridized carbons (Fsp3) is 0.333. The molecular formula is C18H20O5. The lowest BCUT2D eigenvalue weighted by atomic mass is 10.00. The molecule has 5 nitrogen and oxygen atoms in total. The maximum Gasteiger partial charge on any atom is 0.308 e. The number of hydrogen-bond donors (Lipinski definition) is 1. The summed E-state index contributed by atoms with van der Waals surface area (Å²) in [4.78, 5) is 22.5. The van der Waals surface area contributed by atoms with Gasteiger partial charge >= 0.3 is 11.9 Å². The van der Waals surface area contributed by atoms with Crippen LogP contribution in [-0.4, -0.2) is 17.0 Å². The molecule has 0 radical (unpaired) electrons. The number of carbonyl (C=O) groups excluding carboxylic acids is 2. The Hall–Kier alpha value is -2.40. The topological polar surface area (TPSA) is 72.8 Å². The van der Waals surface area contributed by atoms with Gasteiger partial charge < -0.3 is 14.6 Å². The van der Waals surface area contributed by atoms with Crippen molar-refractivity contribution in [3.63, 3.8) is 0 Å². The van der Waals surface area contributed by atoms with Gasteiger partial charge in [0.05, 0.1) is 6.10 Å². The molecule has 0 spiro atoms. The molecule has 0 saturated heterocycles. The Morgan fingerprint density at radius 1 is 1.00 bits per heavy atom. The van der Waals surface area contributed by atoms with Gasteiger partial charge in [-0.3, -0.25) is 9.59 Å². The summed E-state index contributed by atoms with van der Waals surface area (Å²) in [6.45, 7) is 4.64. The molecule has 2 aromatic carbocycles. The zero-order valence-corrected chi connectivity index (χ0v) is 13.5. The van der Waals surface area contributed by atoms with E-state index in [2.05, 4.69) is 0 Å². The van der Waals surface area contributed by atoms with Crippen LogP contribution in [0, 0.1) is 0 Å². The van der Waals surface area contributed by atoms with Gasteiger partial charge in [0.2, 0.25) is 0 Å². The molecular weight excluding hydrogens is 296 g/mol. The maximum atomic E-state index is 11.3. The SMILES string of the molecule is CCCC(O)c1ccc2c(OC(C)=O)ccc(OC(C)=O)c2c1. The van der Waals surface area contributed by atoms with Crippen molar-refractivity contribution < 1.29 is 24.2 Å². The first kappa shape index (κ1) is 17.0. The van der Waals surface area contributed by atoms with Crippen LogP contribution in [0.3, 0.4) is 0 Å². The fourth-order valence-electron chi connectivity index (χ4n) is 2.45. The zero-order chi connectivity index (χ0) is 17.0. The van der Waals surface area contributed by atoms with Gasteiger partial charge in [0, 0.05) is 24.6 Å². The highest BCUT2D eigenvalue weighted by atomic mass is 16.5.